The number of carbonyl (C=O) groups excluding carboxylic acids is 1. The number of nitro groups is 2. The fraction of sp³-hybridized carbons (Fsp3) is 0.600. The highest BCUT2D eigenvalue weighted by atomic mass is 16.6. The van der Waals surface area contributed by atoms with Gasteiger partial charge < -0.3 is 5.11 Å². The first-order valence-corrected chi connectivity index (χ1v) is 10.3. The summed E-state index contributed by atoms with van der Waals surface area (Å²) < 4.78 is 0. The van der Waals surface area contributed by atoms with E-state index in [1.54, 1.807) is 0 Å². The highest BCUT2D eigenvalue weighted by molar-refractivity contribution is 5.88. The van der Waals surface area contributed by atoms with E-state index in [-0.39, 0.29) is 17.9 Å². The largest absolute Gasteiger partial charge is 0.502 e. The van der Waals surface area contributed by atoms with E-state index in [1.165, 1.54) is 38.5 Å². The number of nitrogens with one attached hydrogen (secondary N) is 1. The number of hydrazone groups is 1. The van der Waals surface area contributed by atoms with Crippen LogP contribution >= 0.6 is 0 Å². The zero-order valence-corrected chi connectivity index (χ0v) is 17.3. The quantitative estimate of drug-likeness (QED) is 0.176. The summed E-state index contributed by atoms with van der Waals surface area (Å²) in [6, 6.07) is 1.61. The van der Waals surface area contributed by atoms with Crippen molar-refractivity contribution in [3.05, 3.63) is 37.9 Å². The second-order valence-corrected chi connectivity index (χ2v) is 7.14. The maximum absolute atomic E-state index is 11.8. The summed E-state index contributed by atoms with van der Waals surface area (Å²) >= 11 is 0. The summed E-state index contributed by atoms with van der Waals surface area (Å²) in [5.74, 6) is -1.08. The van der Waals surface area contributed by atoms with Crippen molar-refractivity contribution in [2.45, 2.75) is 77.6 Å². The van der Waals surface area contributed by atoms with Crippen LogP contribution in [0.1, 0.15) is 83.1 Å². The molecule has 0 radical (unpaired) electrons. The van der Waals surface area contributed by atoms with Crippen LogP contribution in [-0.2, 0) is 4.79 Å². The standard InChI is InChI=1S/C20H30N4O6/c1-2-3-4-5-6-7-8-9-10-11-12-19(25)22-21-15-16-13-17(23(27)28)14-18(20(16)26)24(29)30/h13-15,26H,2-12H2,1H3,(H,22,25). The summed E-state index contributed by atoms with van der Waals surface area (Å²) in [6.07, 6.45) is 12.8. The first kappa shape index (κ1) is 25.0. The lowest BCUT2D eigenvalue weighted by molar-refractivity contribution is -0.394. The molecule has 0 aromatic heterocycles. The third-order valence-electron chi connectivity index (χ3n) is 4.66. The lowest BCUT2D eigenvalue weighted by Gasteiger charge is -2.03. The van der Waals surface area contributed by atoms with Crippen molar-refractivity contribution in [3.8, 4) is 5.75 Å². The lowest BCUT2D eigenvalue weighted by atomic mass is 10.1. The molecule has 10 nitrogen and oxygen atoms in total. The topological polar surface area (TPSA) is 148 Å². The van der Waals surface area contributed by atoms with Crippen LogP contribution in [0.2, 0.25) is 0 Å². The van der Waals surface area contributed by atoms with Gasteiger partial charge in [-0.25, -0.2) is 5.43 Å². The van der Waals surface area contributed by atoms with E-state index in [0.717, 1.165) is 38.0 Å². The Kier molecular flexibility index (Phi) is 11.7. The molecule has 2 N–H and O–H groups in total. The second kappa shape index (κ2) is 14.0. The third kappa shape index (κ3) is 9.44. The summed E-state index contributed by atoms with van der Waals surface area (Å²) in [4.78, 5) is 31.9. The fourth-order valence-corrected chi connectivity index (χ4v) is 2.97. The van der Waals surface area contributed by atoms with Crippen LogP contribution < -0.4 is 5.43 Å². The number of rotatable bonds is 15. The first-order chi connectivity index (χ1) is 14.4. The van der Waals surface area contributed by atoms with Crippen LogP contribution in [-0.4, -0.2) is 27.1 Å². The molecule has 1 rings (SSSR count). The van der Waals surface area contributed by atoms with Crippen molar-refractivity contribution in [2.75, 3.05) is 0 Å². The number of aromatic hydroxyl groups is 1. The Morgan fingerprint density at radius 1 is 1.00 bits per heavy atom. The number of phenols is 1. The Morgan fingerprint density at radius 2 is 1.57 bits per heavy atom. The number of phenolic OH excluding ortho intramolecular Hbond substituents is 1. The minimum absolute atomic E-state index is 0.227. The Labute approximate surface area is 175 Å². The van der Waals surface area contributed by atoms with Gasteiger partial charge in [0.2, 0.25) is 11.7 Å². The van der Waals surface area contributed by atoms with Gasteiger partial charge in [-0.3, -0.25) is 25.0 Å². The number of nitrogens with zero attached hydrogens (tertiary/aromatic N) is 3. The maximum Gasteiger partial charge on any atom is 0.318 e. The molecule has 1 amide bonds. The van der Waals surface area contributed by atoms with Gasteiger partial charge in [-0.1, -0.05) is 64.7 Å². The van der Waals surface area contributed by atoms with E-state index >= 15 is 0 Å². The molecule has 1 aromatic rings. The summed E-state index contributed by atoms with van der Waals surface area (Å²) in [5, 5.41) is 35.3. The van der Waals surface area contributed by atoms with Gasteiger partial charge in [0.15, 0.2) is 0 Å². The molecule has 0 aliphatic heterocycles. The number of carbonyl (C=O) groups is 1. The number of non-ortho nitro benzene ring substituents is 1. The summed E-state index contributed by atoms with van der Waals surface area (Å²) in [7, 11) is 0. The molecule has 0 fully saturated rings. The summed E-state index contributed by atoms with van der Waals surface area (Å²) in [5.41, 5.74) is 0.678. The average Bonchev–Trinajstić information content (AvgIpc) is 2.70. The van der Waals surface area contributed by atoms with E-state index in [4.69, 9.17) is 0 Å². The van der Waals surface area contributed by atoms with Crippen molar-refractivity contribution in [3.63, 3.8) is 0 Å². The normalized spacial score (nSPS) is 11.0. The van der Waals surface area contributed by atoms with Crippen LogP contribution in [0.15, 0.2) is 17.2 Å². The molecule has 0 saturated carbocycles. The van der Waals surface area contributed by atoms with Gasteiger partial charge in [0, 0.05) is 12.5 Å². The highest BCUT2D eigenvalue weighted by Crippen LogP contribution is 2.33. The molecule has 0 saturated heterocycles. The van der Waals surface area contributed by atoms with E-state index in [0.29, 0.717) is 6.07 Å². The monoisotopic (exact) mass is 422 g/mol. The Hall–Kier alpha value is -3.04. The molecule has 0 aliphatic rings. The van der Waals surface area contributed by atoms with Crippen molar-refractivity contribution in [2.24, 2.45) is 5.10 Å². The lowest BCUT2D eigenvalue weighted by Crippen LogP contribution is -2.16. The Balaban J connectivity index is 2.36. The first-order valence-electron chi connectivity index (χ1n) is 10.3. The predicted molar refractivity (Wildman–Crippen MR) is 114 cm³/mol. The van der Waals surface area contributed by atoms with Gasteiger partial charge in [0.25, 0.3) is 5.69 Å². The maximum atomic E-state index is 11.8. The Morgan fingerprint density at radius 3 is 2.10 bits per heavy atom. The van der Waals surface area contributed by atoms with Crippen molar-refractivity contribution in [1.82, 2.24) is 5.43 Å². The molecule has 0 atom stereocenters. The van der Waals surface area contributed by atoms with E-state index in [9.17, 15) is 30.1 Å². The summed E-state index contributed by atoms with van der Waals surface area (Å²) in [6.45, 7) is 2.20. The minimum atomic E-state index is -0.927. The number of nitro benzene ring substituents is 2. The highest BCUT2D eigenvalue weighted by Gasteiger charge is 2.23. The van der Waals surface area contributed by atoms with Gasteiger partial charge in [-0.2, -0.15) is 5.10 Å². The zero-order chi connectivity index (χ0) is 22.4. The molecular formula is C20H30N4O6. The van der Waals surface area contributed by atoms with E-state index < -0.39 is 27.0 Å². The van der Waals surface area contributed by atoms with Crippen molar-refractivity contribution < 1.29 is 19.7 Å². The van der Waals surface area contributed by atoms with E-state index in [2.05, 4.69) is 17.5 Å². The number of hydrogen-bond donors (Lipinski definition) is 2. The minimum Gasteiger partial charge on any atom is -0.502 e. The van der Waals surface area contributed by atoms with Crippen LogP contribution in [0.5, 0.6) is 5.75 Å². The van der Waals surface area contributed by atoms with Crippen LogP contribution in [0.4, 0.5) is 11.4 Å². The molecule has 0 spiro atoms. The smallest absolute Gasteiger partial charge is 0.318 e. The van der Waals surface area contributed by atoms with Crippen LogP contribution in [0.3, 0.4) is 0 Å². The molecule has 0 unspecified atom stereocenters. The van der Waals surface area contributed by atoms with Crippen LogP contribution in [0, 0.1) is 20.2 Å². The zero-order valence-electron chi connectivity index (χ0n) is 17.3. The van der Waals surface area contributed by atoms with Gasteiger partial charge in [0.05, 0.1) is 27.7 Å². The molecular weight excluding hydrogens is 392 g/mol. The van der Waals surface area contributed by atoms with Crippen molar-refractivity contribution in [1.29, 1.82) is 0 Å². The SMILES string of the molecule is CCCCCCCCCCCCC(=O)NN=Cc1cc([N+](=O)[O-])cc([N+](=O)[O-])c1O. The van der Waals surface area contributed by atoms with Crippen LogP contribution in [0.25, 0.3) is 0 Å². The molecule has 30 heavy (non-hydrogen) atoms. The number of unbranched alkanes of at least 4 members (excludes halogenated alkanes) is 9. The van der Waals surface area contributed by atoms with Gasteiger partial charge >= 0.3 is 5.69 Å². The molecule has 0 heterocycles. The van der Waals surface area contributed by atoms with Gasteiger partial charge in [-0.15, -0.1) is 0 Å². The Bertz CT molecular complexity index is 751. The third-order valence-corrected chi connectivity index (χ3v) is 4.66. The number of benzene rings is 1. The molecule has 166 valence electrons. The molecule has 10 heteroatoms. The predicted octanol–water partition coefficient (Wildman–Crippen LogP) is 4.97. The average molecular weight is 422 g/mol. The van der Waals surface area contributed by atoms with E-state index in [1.807, 2.05) is 0 Å². The number of hydrogen-bond acceptors (Lipinski definition) is 7. The second-order valence-electron chi connectivity index (χ2n) is 7.14. The van der Waals surface area contributed by atoms with Gasteiger partial charge in [-0.05, 0) is 6.42 Å². The van der Waals surface area contributed by atoms with Crippen molar-refractivity contribution >= 4 is 23.5 Å². The molecule has 0 aliphatic carbocycles. The molecule has 0 bridgehead atoms. The number of amides is 1. The van der Waals surface area contributed by atoms with Gasteiger partial charge in [0.1, 0.15) is 0 Å². The fourth-order valence-electron chi connectivity index (χ4n) is 2.97. The molecule has 1 aromatic carbocycles.